The molecule has 1 N–H and O–H groups in total. The number of amides is 2. The minimum Gasteiger partial charge on any atom is -0.368 e. The summed E-state index contributed by atoms with van der Waals surface area (Å²) in [6, 6.07) is 3.90. The molecule has 1 aliphatic rings. The molecule has 5 nitrogen and oxygen atoms in total. The molecule has 0 spiro atoms. The second kappa shape index (κ2) is 6.00. The Bertz CT molecular complexity index is 527. The van der Waals surface area contributed by atoms with Crippen molar-refractivity contribution < 1.29 is 18.7 Å². The van der Waals surface area contributed by atoms with E-state index in [-0.39, 0.29) is 17.5 Å². The summed E-state index contributed by atoms with van der Waals surface area (Å²) in [6.45, 7) is 1.95. The van der Waals surface area contributed by atoms with Crippen LogP contribution in [-0.2, 0) is 14.3 Å². The zero-order chi connectivity index (χ0) is 14.7. The lowest BCUT2D eigenvalue weighted by atomic mass is 10.2. The maximum Gasteiger partial charge on any atom is 0.253 e. The Morgan fingerprint density at radius 2 is 2.20 bits per heavy atom. The molecule has 20 heavy (non-hydrogen) atoms. The average molecular weight is 280 g/mol. The molecule has 6 heteroatoms. The topological polar surface area (TPSA) is 58.6 Å². The first-order valence-electron chi connectivity index (χ1n) is 6.45. The standard InChI is InChI=1S/C14H17FN2O3/c1-9(18)17(2)12-6-5-10(15)8-11(12)16-14(19)13-4-3-7-20-13/h5-6,8,13H,3-4,7H2,1-2H3,(H,16,19). The van der Waals surface area contributed by atoms with Crippen LogP contribution in [0.15, 0.2) is 18.2 Å². The Labute approximate surface area is 116 Å². The number of benzene rings is 1. The SMILES string of the molecule is CC(=O)N(C)c1ccc(F)cc1NC(=O)C1CCCO1. The van der Waals surface area contributed by atoms with Crippen molar-refractivity contribution in [2.24, 2.45) is 0 Å². The van der Waals surface area contributed by atoms with Crippen molar-refractivity contribution in [1.82, 2.24) is 0 Å². The summed E-state index contributed by atoms with van der Waals surface area (Å²) in [6.07, 6.45) is 0.981. The van der Waals surface area contributed by atoms with E-state index in [0.29, 0.717) is 18.7 Å². The predicted octanol–water partition coefficient (Wildman–Crippen LogP) is 1.93. The van der Waals surface area contributed by atoms with Gasteiger partial charge in [0.05, 0.1) is 11.4 Å². The third-order valence-electron chi connectivity index (χ3n) is 3.27. The lowest BCUT2D eigenvalue weighted by Crippen LogP contribution is -2.29. The third kappa shape index (κ3) is 3.14. The maximum atomic E-state index is 13.4. The summed E-state index contributed by atoms with van der Waals surface area (Å²) >= 11 is 0. The van der Waals surface area contributed by atoms with Gasteiger partial charge in [-0.1, -0.05) is 0 Å². The number of halogens is 1. The lowest BCUT2D eigenvalue weighted by Gasteiger charge is -2.20. The predicted molar refractivity (Wildman–Crippen MR) is 73.1 cm³/mol. The highest BCUT2D eigenvalue weighted by Crippen LogP contribution is 2.27. The second-order valence-corrected chi connectivity index (χ2v) is 4.73. The molecule has 2 rings (SSSR count). The largest absolute Gasteiger partial charge is 0.368 e. The van der Waals surface area contributed by atoms with E-state index >= 15 is 0 Å². The Hall–Kier alpha value is -1.95. The van der Waals surface area contributed by atoms with Crippen LogP contribution in [0.5, 0.6) is 0 Å². The fraction of sp³-hybridized carbons (Fsp3) is 0.429. The zero-order valence-corrected chi connectivity index (χ0v) is 11.5. The highest BCUT2D eigenvalue weighted by molar-refractivity contribution is 6.01. The molecule has 1 heterocycles. The monoisotopic (exact) mass is 280 g/mol. The van der Waals surface area contributed by atoms with Crippen molar-refractivity contribution in [3.63, 3.8) is 0 Å². The van der Waals surface area contributed by atoms with Gasteiger partial charge in [-0.3, -0.25) is 9.59 Å². The van der Waals surface area contributed by atoms with E-state index in [4.69, 9.17) is 4.74 Å². The summed E-state index contributed by atoms with van der Waals surface area (Å²) in [5.74, 6) is -0.996. The molecule has 1 fully saturated rings. The molecule has 0 aliphatic carbocycles. The second-order valence-electron chi connectivity index (χ2n) is 4.73. The molecule has 0 saturated carbocycles. The molecular weight excluding hydrogens is 263 g/mol. The molecular formula is C14H17FN2O3. The van der Waals surface area contributed by atoms with Crippen molar-refractivity contribution in [2.45, 2.75) is 25.9 Å². The first-order chi connectivity index (χ1) is 9.49. The fourth-order valence-corrected chi connectivity index (χ4v) is 2.07. The van der Waals surface area contributed by atoms with E-state index in [0.717, 1.165) is 6.42 Å². The van der Waals surface area contributed by atoms with Crippen LogP contribution in [0.3, 0.4) is 0 Å². The Morgan fingerprint density at radius 3 is 2.80 bits per heavy atom. The van der Waals surface area contributed by atoms with E-state index in [1.807, 2.05) is 0 Å². The normalized spacial score (nSPS) is 17.9. The van der Waals surface area contributed by atoms with Gasteiger partial charge in [-0.05, 0) is 31.0 Å². The third-order valence-corrected chi connectivity index (χ3v) is 3.27. The molecule has 0 aromatic heterocycles. The minimum absolute atomic E-state index is 0.204. The number of hydrogen-bond donors (Lipinski definition) is 1. The van der Waals surface area contributed by atoms with Gasteiger partial charge >= 0.3 is 0 Å². The molecule has 0 bridgehead atoms. The number of hydrogen-bond acceptors (Lipinski definition) is 3. The number of anilines is 2. The number of rotatable bonds is 3. The fourth-order valence-electron chi connectivity index (χ4n) is 2.07. The number of carbonyl (C=O) groups is 2. The van der Waals surface area contributed by atoms with E-state index < -0.39 is 11.9 Å². The first-order valence-corrected chi connectivity index (χ1v) is 6.45. The van der Waals surface area contributed by atoms with Gasteiger partial charge in [0, 0.05) is 20.6 Å². The van der Waals surface area contributed by atoms with E-state index in [9.17, 15) is 14.0 Å². The highest BCUT2D eigenvalue weighted by Gasteiger charge is 2.25. The molecule has 1 aromatic carbocycles. The van der Waals surface area contributed by atoms with E-state index in [1.165, 1.54) is 30.0 Å². The maximum absolute atomic E-state index is 13.4. The molecule has 1 aromatic rings. The number of carbonyl (C=O) groups excluding carboxylic acids is 2. The Balaban J connectivity index is 2.22. The van der Waals surface area contributed by atoms with Gasteiger partial charge in [-0.2, -0.15) is 0 Å². The summed E-state index contributed by atoms with van der Waals surface area (Å²) in [5, 5.41) is 2.63. The Morgan fingerprint density at radius 1 is 1.45 bits per heavy atom. The molecule has 1 aliphatic heterocycles. The van der Waals surface area contributed by atoms with Crippen LogP contribution in [0.25, 0.3) is 0 Å². The van der Waals surface area contributed by atoms with Crippen LogP contribution >= 0.6 is 0 Å². The number of nitrogens with zero attached hydrogens (tertiary/aromatic N) is 1. The highest BCUT2D eigenvalue weighted by atomic mass is 19.1. The molecule has 108 valence electrons. The van der Waals surface area contributed by atoms with Crippen LogP contribution in [0.1, 0.15) is 19.8 Å². The summed E-state index contributed by atoms with van der Waals surface area (Å²) in [7, 11) is 1.57. The minimum atomic E-state index is -0.506. The van der Waals surface area contributed by atoms with Crippen LogP contribution in [-0.4, -0.2) is 31.6 Å². The van der Waals surface area contributed by atoms with Crippen LogP contribution < -0.4 is 10.2 Å². The van der Waals surface area contributed by atoms with Gasteiger partial charge in [0.25, 0.3) is 5.91 Å². The average Bonchev–Trinajstić information content (AvgIpc) is 2.92. The number of nitrogens with one attached hydrogen (secondary N) is 1. The molecule has 0 radical (unpaired) electrons. The van der Waals surface area contributed by atoms with Gasteiger partial charge in [-0.15, -0.1) is 0 Å². The summed E-state index contributed by atoms with van der Waals surface area (Å²) in [5.41, 5.74) is 0.716. The van der Waals surface area contributed by atoms with Crippen molar-refractivity contribution in [1.29, 1.82) is 0 Å². The Kier molecular flexibility index (Phi) is 4.34. The van der Waals surface area contributed by atoms with Gasteiger partial charge in [0.1, 0.15) is 11.9 Å². The van der Waals surface area contributed by atoms with Gasteiger partial charge in [0.15, 0.2) is 0 Å². The van der Waals surface area contributed by atoms with Gasteiger partial charge < -0.3 is 15.0 Å². The van der Waals surface area contributed by atoms with Crippen molar-refractivity contribution in [3.05, 3.63) is 24.0 Å². The van der Waals surface area contributed by atoms with Gasteiger partial charge in [0.2, 0.25) is 5.91 Å². The molecule has 1 saturated heterocycles. The van der Waals surface area contributed by atoms with E-state index in [2.05, 4.69) is 5.32 Å². The van der Waals surface area contributed by atoms with Crippen molar-refractivity contribution in [2.75, 3.05) is 23.9 Å². The van der Waals surface area contributed by atoms with Crippen LogP contribution in [0, 0.1) is 5.82 Å². The quantitative estimate of drug-likeness (QED) is 0.920. The van der Waals surface area contributed by atoms with Crippen LogP contribution in [0.2, 0.25) is 0 Å². The molecule has 1 atom stereocenters. The zero-order valence-electron chi connectivity index (χ0n) is 11.5. The molecule has 2 amide bonds. The van der Waals surface area contributed by atoms with Crippen molar-refractivity contribution in [3.8, 4) is 0 Å². The first kappa shape index (κ1) is 14.5. The van der Waals surface area contributed by atoms with Crippen LogP contribution in [0.4, 0.5) is 15.8 Å². The van der Waals surface area contributed by atoms with Crippen molar-refractivity contribution >= 4 is 23.2 Å². The van der Waals surface area contributed by atoms with E-state index in [1.54, 1.807) is 7.05 Å². The summed E-state index contributed by atoms with van der Waals surface area (Å²) in [4.78, 5) is 24.8. The van der Waals surface area contributed by atoms with Gasteiger partial charge in [-0.25, -0.2) is 4.39 Å². The summed E-state index contributed by atoms with van der Waals surface area (Å²) < 4.78 is 18.6. The molecule has 1 unspecified atom stereocenters. The smallest absolute Gasteiger partial charge is 0.253 e. The number of ether oxygens (including phenoxy) is 1. The lowest BCUT2D eigenvalue weighted by molar-refractivity contribution is -0.124.